The van der Waals surface area contributed by atoms with Crippen LogP contribution < -0.4 is 4.57 Å². The van der Waals surface area contributed by atoms with Crippen LogP contribution in [0, 0.1) is 5.41 Å². The second kappa shape index (κ2) is 6.27. The van der Waals surface area contributed by atoms with Crippen LogP contribution in [-0.4, -0.2) is 22.2 Å². The summed E-state index contributed by atoms with van der Waals surface area (Å²) in [5.41, 5.74) is 0.894. The number of hydrogen-bond donors (Lipinski definition) is 2. The lowest BCUT2D eigenvalue weighted by Crippen LogP contribution is -2.23. The van der Waals surface area contributed by atoms with Crippen molar-refractivity contribution >= 4 is 5.90 Å². The van der Waals surface area contributed by atoms with Gasteiger partial charge in [-0.05, 0) is 13.3 Å². The van der Waals surface area contributed by atoms with Crippen molar-refractivity contribution in [2.45, 2.75) is 32.9 Å². The number of aliphatic hydroxyl groups excluding tert-OH is 1. The largest absolute Gasteiger partial charge is 0.481 e. The molecule has 1 aromatic rings. The van der Waals surface area contributed by atoms with Crippen molar-refractivity contribution in [1.29, 1.82) is 5.41 Å². The van der Waals surface area contributed by atoms with E-state index in [1.165, 1.54) is 0 Å². The molecule has 0 unspecified atom stereocenters. The SMILES string of the molecule is CCOC(=N)CCCn1c[n+](C)cc1CO. The van der Waals surface area contributed by atoms with Crippen LogP contribution in [0.1, 0.15) is 25.5 Å². The average molecular weight is 226 g/mol. The minimum Gasteiger partial charge on any atom is -0.481 e. The highest BCUT2D eigenvalue weighted by Gasteiger charge is 2.10. The van der Waals surface area contributed by atoms with Gasteiger partial charge >= 0.3 is 0 Å². The first-order chi connectivity index (χ1) is 7.67. The van der Waals surface area contributed by atoms with E-state index in [9.17, 15) is 0 Å². The predicted molar refractivity (Wildman–Crippen MR) is 60.1 cm³/mol. The zero-order valence-electron chi connectivity index (χ0n) is 9.94. The number of rotatable bonds is 6. The molecule has 2 N–H and O–H groups in total. The summed E-state index contributed by atoms with van der Waals surface area (Å²) in [4.78, 5) is 0. The molecule has 0 aliphatic heterocycles. The molecule has 0 saturated carbocycles. The van der Waals surface area contributed by atoms with Crippen molar-refractivity contribution in [2.75, 3.05) is 6.61 Å². The highest BCUT2D eigenvalue weighted by molar-refractivity contribution is 5.72. The summed E-state index contributed by atoms with van der Waals surface area (Å²) in [6, 6.07) is 0. The molecule has 90 valence electrons. The maximum atomic E-state index is 9.12. The van der Waals surface area contributed by atoms with Crippen LogP contribution in [0.3, 0.4) is 0 Å². The molecule has 0 fully saturated rings. The minimum absolute atomic E-state index is 0.0454. The number of nitrogens with zero attached hydrogens (tertiary/aromatic N) is 2. The topological polar surface area (TPSA) is 62.1 Å². The molecule has 0 spiro atoms. The second-order valence-electron chi connectivity index (χ2n) is 3.71. The summed E-state index contributed by atoms with van der Waals surface area (Å²) < 4.78 is 8.98. The molecule has 1 rings (SSSR count). The fourth-order valence-corrected chi connectivity index (χ4v) is 1.63. The molecule has 0 aliphatic carbocycles. The number of ether oxygens (including phenoxy) is 1. The van der Waals surface area contributed by atoms with Crippen LogP contribution in [0.25, 0.3) is 0 Å². The lowest BCUT2D eigenvalue weighted by molar-refractivity contribution is -0.671. The van der Waals surface area contributed by atoms with Crippen LogP contribution in [-0.2, 0) is 24.9 Å². The van der Waals surface area contributed by atoms with Crippen LogP contribution in [0.4, 0.5) is 0 Å². The fraction of sp³-hybridized carbons (Fsp3) is 0.636. The van der Waals surface area contributed by atoms with Crippen molar-refractivity contribution in [1.82, 2.24) is 4.57 Å². The van der Waals surface area contributed by atoms with Gasteiger partial charge in [0.15, 0.2) is 11.6 Å². The third kappa shape index (κ3) is 3.66. The summed E-state index contributed by atoms with van der Waals surface area (Å²) in [6.45, 7) is 3.28. The van der Waals surface area contributed by atoms with Gasteiger partial charge < -0.3 is 9.84 Å². The van der Waals surface area contributed by atoms with Crippen LogP contribution >= 0.6 is 0 Å². The quantitative estimate of drug-likeness (QED) is 0.424. The first-order valence-corrected chi connectivity index (χ1v) is 5.52. The molecule has 5 nitrogen and oxygen atoms in total. The molecule has 5 heteroatoms. The zero-order valence-corrected chi connectivity index (χ0v) is 9.94. The van der Waals surface area contributed by atoms with E-state index in [1.54, 1.807) is 0 Å². The first-order valence-electron chi connectivity index (χ1n) is 5.52. The standard InChI is InChI=1S/C11H20N3O2/c1-3-16-11(12)5-4-6-14-9-13(2)7-10(14)8-15/h7,9,12,15H,3-6,8H2,1-2H3/q+1. The van der Waals surface area contributed by atoms with Crippen molar-refractivity contribution in [3.8, 4) is 0 Å². The van der Waals surface area contributed by atoms with Gasteiger partial charge in [0.25, 0.3) is 0 Å². The van der Waals surface area contributed by atoms with Gasteiger partial charge in [-0.15, -0.1) is 0 Å². The third-order valence-electron chi connectivity index (χ3n) is 2.33. The molecular weight excluding hydrogens is 206 g/mol. The van der Waals surface area contributed by atoms with Gasteiger partial charge in [0.1, 0.15) is 12.8 Å². The van der Waals surface area contributed by atoms with E-state index >= 15 is 0 Å². The summed E-state index contributed by atoms with van der Waals surface area (Å²) in [6.07, 6.45) is 5.32. The Bertz CT molecular complexity index is 347. The van der Waals surface area contributed by atoms with Gasteiger partial charge in [0, 0.05) is 6.42 Å². The molecule has 0 aromatic carbocycles. The van der Waals surface area contributed by atoms with Gasteiger partial charge in [-0.1, -0.05) is 0 Å². The van der Waals surface area contributed by atoms with Crippen molar-refractivity contribution < 1.29 is 14.4 Å². The van der Waals surface area contributed by atoms with Gasteiger partial charge in [-0.25, -0.2) is 9.13 Å². The van der Waals surface area contributed by atoms with Crippen molar-refractivity contribution in [3.05, 3.63) is 18.2 Å². The van der Waals surface area contributed by atoms with Gasteiger partial charge in [0.2, 0.25) is 6.33 Å². The number of nitrogens with one attached hydrogen (secondary N) is 1. The Morgan fingerprint density at radius 2 is 2.38 bits per heavy atom. The summed E-state index contributed by atoms with van der Waals surface area (Å²) >= 11 is 0. The van der Waals surface area contributed by atoms with E-state index in [1.807, 2.05) is 35.6 Å². The lowest BCUT2D eigenvalue weighted by Gasteiger charge is -2.03. The monoisotopic (exact) mass is 226 g/mol. The minimum atomic E-state index is 0.0454. The lowest BCUT2D eigenvalue weighted by atomic mass is 10.3. The Morgan fingerprint density at radius 1 is 1.62 bits per heavy atom. The van der Waals surface area contributed by atoms with E-state index in [-0.39, 0.29) is 6.61 Å². The maximum Gasteiger partial charge on any atom is 0.243 e. The number of hydrogen-bond acceptors (Lipinski definition) is 3. The number of aryl methyl sites for hydroxylation is 2. The van der Waals surface area contributed by atoms with E-state index in [2.05, 4.69) is 0 Å². The van der Waals surface area contributed by atoms with Gasteiger partial charge in [0.05, 0.1) is 20.2 Å². The molecule has 0 atom stereocenters. The Hall–Kier alpha value is -1.36. The Kier molecular flexibility index (Phi) is 4.98. The molecule has 1 aromatic heterocycles. The summed E-state index contributed by atoms with van der Waals surface area (Å²) in [5, 5.41) is 16.6. The Morgan fingerprint density at radius 3 is 3.00 bits per heavy atom. The normalized spacial score (nSPS) is 10.4. The fourth-order valence-electron chi connectivity index (χ4n) is 1.63. The zero-order chi connectivity index (χ0) is 12.0. The van der Waals surface area contributed by atoms with E-state index in [0.29, 0.717) is 18.9 Å². The summed E-state index contributed by atoms with van der Waals surface area (Å²) in [7, 11) is 1.93. The summed E-state index contributed by atoms with van der Waals surface area (Å²) in [5.74, 6) is 0.338. The Labute approximate surface area is 95.8 Å². The molecule has 1 heterocycles. The molecule has 0 saturated heterocycles. The van der Waals surface area contributed by atoms with Crippen molar-refractivity contribution in [2.24, 2.45) is 7.05 Å². The van der Waals surface area contributed by atoms with Gasteiger partial charge in [-0.2, -0.15) is 0 Å². The van der Waals surface area contributed by atoms with Crippen molar-refractivity contribution in [3.63, 3.8) is 0 Å². The Balaban J connectivity index is 2.39. The molecule has 0 radical (unpaired) electrons. The van der Waals surface area contributed by atoms with Gasteiger partial charge in [-0.3, -0.25) is 5.41 Å². The highest BCUT2D eigenvalue weighted by Crippen LogP contribution is 2.02. The first kappa shape index (κ1) is 12.7. The smallest absolute Gasteiger partial charge is 0.243 e. The number of aromatic nitrogens is 2. The molecule has 0 aliphatic rings. The molecule has 0 bridgehead atoms. The van der Waals surface area contributed by atoms with E-state index in [0.717, 1.165) is 18.7 Å². The average Bonchev–Trinajstić information content (AvgIpc) is 2.59. The van der Waals surface area contributed by atoms with Crippen LogP contribution in [0.2, 0.25) is 0 Å². The second-order valence-corrected chi connectivity index (χ2v) is 3.71. The third-order valence-corrected chi connectivity index (χ3v) is 2.33. The van der Waals surface area contributed by atoms with E-state index < -0.39 is 0 Å². The number of imidazole rings is 1. The molecule has 0 amide bonds. The van der Waals surface area contributed by atoms with Crippen LogP contribution in [0.15, 0.2) is 12.5 Å². The van der Waals surface area contributed by atoms with Crippen LogP contribution in [0.5, 0.6) is 0 Å². The highest BCUT2D eigenvalue weighted by atomic mass is 16.5. The molecule has 16 heavy (non-hydrogen) atoms. The van der Waals surface area contributed by atoms with E-state index in [4.69, 9.17) is 15.3 Å². The maximum absolute atomic E-state index is 9.12. The molecular formula is C11H20N3O2+. The predicted octanol–water partition coefficient (Wildman–Crippen LogP) is 0.599. The number of aliphatic hydroxyl groups is 1.